The monoisotopic (exact) mass is 259 g/mol. The number of halogens is 3. The average Bonchev–Trinajstić information content (AvgIpc) is 2.77. The summed E-state index contributed by atoms with van der Waals surface area (Å²) < 4.78 is 37.1. The third-order valence-electron chi connectivity index (χ3n) is 3.10. The maximum absolute atomic E-state index is 12.4. The van der Waals surface area contributed by atoms with Crippen molar-refractivity contribution in [3.63, 3.8) is 0 Å². The Bertz CT molecular complexity index is 442. The second-order valence-corrected chi connectivity index (χ2v) is 4.31. The summed E-state index contributed by atoms with van der Waals surface area (Å²) in [6.07, 6.45) is -3.82. The third-order valence-corrected chi connectivity index (χ3v) is 3.10. The number of hydrogen-bond donors (Lipinski definition) is 1. The molecule has 1 aromatic rings. The van der Waals surface area contributed by atoms with Crippen molar-refractivity contribution in [1.82, 2.24) is 0 Å². The maximum atomic E-state index is 12.4. The minimum absolute atomic E-state index is 0.348. The Morgan fingerprint density at radius 3 is 2.33 bits per heavy atom. The van der Waals surface area contributed by atoms with E-state index in [9.17, 15) is 18.0 Å². The summed E-state index contributed by atoms with van der Waals surface area (Å²) in [5, 5.41) is 8.85. The van der Waals surface area contributed by atoms with E-state index >= 15 is 0 Å². The van der Waals surface area contributed by atoms with Crippen LogP contribution >= 0.6 is 0 Å². The van der Waals surface area contributed by atoms with Crippen molar-refractivity contribution in [3.05, 3.63) is 29.8 Å². The highest BCUT2D eigenvalue weighted by atomic mass is 19.4. The number of hydrogen-bond acceptors (Lipinski definition) is 2. The molecule has 18 heavy (non-hydrogen) atoms. The number of anilines is 1. The number of alkyl halides is 3. The van der Waals surface area contributed by atoms with Crippen LogP contribution in [0.3, 0.4) is 0 Å². The van der Waals surface area contributed by atoms with Gasteiger partial charge in [-0.2, -0.15) is 13.2 Å². The van der Waals surface area contributed by atoms with Gasteiger partial charge in [0.05, 0.1) is 11.5 Å². The fourth-order valence-corrected chi connectivity index (χ4v) is 2.06. The van der Waals surface area contributed by atoms with Crippen molar-refractivity contribution < 1.29 is 23.1 Å². The van der Waals surface area contributed by atoms with E-state index in [0.29, 0.717) is 25.2 Å². The second-order valence-electron chi connectivity index (χ2n) is 4.31. The van der Waals surface area contributed by atoms with Gasteiger partial charge in [-0.15, -0.1) is 0 Å². The van der Waals surface area contributed by atoms with Crippen LogP contribution in [0.4, 0.5) is 18.9 Å². The summed E-state index contributed by atoms with van der Waals surface area (Å²) >= 11 is 0. The minimum Gasteiger partial charge on any atom is -0.481 e. The molecule has 0 amide bonds. The third kappa shape index (κ3) is 2.57. The molecule has 1 heterocycles. The molecular formula is C12H12F3NO2. The van der Waals surface area contributed by atoms with Crippen LogP contribution in [0.5, 0.6) is 0 Å². The van der Waals surface area contributed by atoms with Crippen molar-refractivity contribution in [1.29, 1.82) is 0 Å². The Labute approximate surface area is 102 Å². The van der Waals surface area contributed by atoms with E-state index in [1.807, 2.05) is 0 Å². The predicted octanol–water partition coefficient (Wildman–Crippen LogP) is 2.62. The van der Waals surface area contributed by atoms with E-state index in [2.05, 4.69) is 0 Å². The molecule has 0 spiro atoms. The van der Waals surface area contributed by atoms with Crippen molar-refractivity contribution in [2.45, 2.75) is 12.6 Å². The van der Waals surface area contributed by atoms with Crippen LogP contribution in [-0.4, -0.2) is 24.2 Å². The van der Waals surface area contributed by atoms with Crippen LogP contribution in [0.25, 0.3) is 0 Å². The van der Waals surface area contributed by atoms with Gasteiger partial charge < -0.3 is 10.0 Å². The maximum Gasteiger partial charge on any atom is 0.416 e. The number of aliphatic carboxylic acids is 1. The standard InChI is InChI=1S/C12H12F3NO2/c13-12(14,15)9-1-3-10(4-2-9)16-6-5-8(7-16)11(17)18/h1-4,8H,5-7H2,(H,17,18). The van der Waals surface area contributed by atoms with Crippen LogP contribution in [0.2, 0.25) is 0 Å². The van der Waals surface area contributed by atoms with Crippen LogP contribution in [0, 0.1) is 5.92 Å². The SMILES string of the molecule is O=C(O)C1CCN(c2ccc(C(F)(F)F)cc2)C1. The number of benzene rings is 1. The molecule has 1 atom stereocenters. The quantitative estimate of drug-likeness (QED) is 0.887. The van der Waals surface area contributed by atoms with Gasteiger partial charge in [-0.1, -0.05) is 0 Å². The molecule has 0 bridgehead atoms. The van der Waals surface area contributed by atoms with Gasteiger partial charge in [0.2, 0.25) is 0 Å². The Kier molecular flexibility index (Phi) is 3.19. The summed E-state index contributed by atoms with van der Waals surface area (Å²) in [5.41, 5.74) is -0.0630. The Hall–Kier alpha value is -1.72. The highest BCUT2D eigenvalue weighted by molar-refractivity contribution is 5.72. The van der Waals surface area contributed by atoms with Gasteiger partial charge in [0.1, 0.15) is 0 Å². The number of carboxylic acid groups (broad SMARTS) is 1. The Balaban J connectivity index is 2.10. The molecule has 1 fully saturated rings. The largest absolute Gasteiger partial charge is 0.481 e. The average molecular weight is 259 g/mol. The first-order valence-electron chi connectivity index (χ1n) is 5.53. The van der Waals surface area contributed by atoms with Gasteiger partial charge in [-0.3, -0.25) is 4.79 Å². The van der Waals surface area contributed by atoms with Crippen molar-refractivity contribution >= 4 is 11.7 Å². The number of carboxylic acids is 1. The highest BCUT2D eigenvalue weighted by Gasteiger charge is 2.31. The molecule has 1 N–H and O–H groups in total. The van der Waals surface area contributed by atoms with Gasteiger partial charge in [-0.25, -0.2) is 0 Å². The van der Waals surface area contributed by atoms with Crippen LogP contribution < -0.4 is 4.90 Å². The lowest BCUT2D eigenvalue weighted by atomic mass is 10.1. The molecule has 0 saturated carbocycles. The molecule has 1 aliphatic rings. The molecule has 1 saturated heterocycles. The molecule has 2 rings (SSSR count). The predicted molar refractivity (Wildman–Crippen MR) is 59.4 cm³/mol. The van der Waals surface area contributed by atoms with E-state index in [1.165, 1.54) is 12.1 Å². The zero-order chi connectivity index (χ0) is 13.3. The normalized spacial score (nSPS) is 20.2. The summed E-state index contributed by atoms with van der Waals surface area (Å²) in [6, 6.07) is 4.80. The second kappa shape index (κ2) is 4.51. The van der Waals surface area contributed by atoms with E-state index in [4.69, 9.17) is 5.11 Å². The van der Waals surface area contributed by atoms with Crippen LogP contribution in [0.15, 0.2) is 24.3 Å². The first-order valence-corrected chi connectivity index (χ1v) is 5.53. The molecule has 1 aromatic carbocycles. The van der Waals surface area contributed by atoms with Crippen molar-refractivity contribution in [2.24, 2.45) is 5.92 Å². The van der Waals surface area contributed by atoms with Crippen LogP contribution in [0.1, 0.15) is 12.0 Å². The van der Waals surface area contributed by atoms with Gasteiger partial charge in [0.15, 0.2) is 0 Å². The minimum atomic E-state index is -4.34. The summed E-state index contributed by atoms with van der Waals surface area (Å²) in [7, 11) is 0. The zero-order valence-corrected chi connectivity index (χ0v) is 9.44. The molecule has 0 aliphatic carbocycles. The fourth-order valence-electron chi connectivity index (χ4n) is 2.06. The van der Waals surface area contributed by atoms with E-state index in [-0.39, 0.29) is 0 Å². The van der Waals surface area contributed by atoms with E-state index in [0.717, 1.165) is 12.1 Å². The van der Waals surface area contributed by atoms with Gasteiger partial charge >= 0.3 is 12.1 Å². The molecule has 6 heteroatoms. The summed E-state index contributed by atoms with van der Waals surface area (Å²) in [4.78, 5) is 12.6. The van der Waals surface area contributed by atoms with Gasteiger partial charge in [0.25, 0.3) is 0 Å². The lowest BCUT2D eigenvalue weighted by Gasteiger charge is -2.18. The van der Waals surface area contributed by atoms with E-state index < -0.39 is 23.6 Å². The fraction of sp³-hybridized carbons (Fsp3) is 0.417. The molecule has 1 unspecified atom stereocenters. The number of nitrogens with zero attached hydrogens (tertiary/aromatic N) is 1. The van der Waals surface area contributed by atoms with Crippen molar-refractivity contribution in [2.75, 3.05) is 18.0 Å². The van der Waals surface area contributed by atoms with E-state index in [1.54, 1.807) is 4.90 Å². The highest BCUT2D eigenvalue weighted by Crippen LogP contribution is 2.31. The Morgan fingerprint density at radius 1 is 1.28 bits per heavy atom. The van der Waals surface area contributed by atoms with Gasteiger partial charge in [0, 0.05) is 18.8 Å². The van der Waals surface area contributed by atoms with Gasteiger partial charge in [-0.05, 0) is 30.7 Å². The van der Waals surface area contributed by atoms with Crippen LogP contribution in [-0.2, 0) is 11.0 Å². The van der Waals surface area contributed by atoms with Crippen molar-refractivity contribution in [3.8, 4) is 0 Å². The molecule has 98 valence electrons. The number of carbonyl (C=O) groups is 1. The molecular weight excluding hydrogens is 247 g/mol. The lowest BCUT2D eigenvalue weighted by Crippen LogP contribution is -2.22. The zero-order valence-electron chi connectivity index (χ0n) is 9.44. The first-order chi connectivity index (χ1) is 8.38. The molecule has 0 radical (unpaired) electrons. The molecule has 0 aromatic heterocycles. The first kappa shape index (κ1) is 12.7. The molecule has 3 nitrogen and oxygen atoms in total. The molecule has 1 aliphatic heterocycles. The summed E-state index contributed by atoms with van der Waals surface area (Å²) in [5.74, 6) is -1.29. The topological polar surface area (TPSA) is 40.5 Å². The smallest absolute Gasteiger partial charge is 0.416 e. The Morgan fingerprint density at radius 2 is 1.89 bits per heavy atom. The lowest BCUT2D eigenvalue weighted by molar-refractivity contribution is -0.141. The number of rotatable bonds is 2. The summed E-state index contributed by atoms with van der Waals surface area (Å²) in [6.45, 7) is 0.906.